The first-order valence-electron chi connectivity index (χ1n) is 9.45. The maximum Gasteiger partial charge on any atom is 0.161 e. The van der Waals surface area contributed by atoms with Crippen LogP contribution in [0.1, 0.15) is 29.9 Å². The Morgan fingerprint density at radius 2 is 1.85 bits per heavy atom. The number of benzene rings is 2. The first-order valence-corrected chi connectivity index (χ1v) is 9.45. The lowest BCUT2D eigenvalue weighted by Gasteiger charge is -2.19. The van der Waals surface area contributed by atoms with Gasteiger partial charge in [0, 0.05) is 25.9 Å². The van der Waals surface area contributed by atoms with Crippen molar-refractivity contribution in [3.05, 3.63) is 59.7 Å². The molecule has 2 aliphatic rings. The molecule has 1 unspecified atom stereocenters. The first kappa shape index (κ1) is 17.1. The molecular weight excluding hydrogens is 326 g/mol. The Labute approximate surface area is 154 Å². The van der Waals surface area contributed by atoms with Crippen molar-refractivity contribution in [2.24, 2.45) is 0 Å². The number of ketones is 1. The number of carbonyl (C=O) groups is 1. The third-order valence-electron chi connectivity index (χ3n) is 5.26. The molecule has 2 heterocycles. The van der Waals surface area contributed by atoms with E-state index in [1.165, 1.54) is 12.0 Å². The van der Waals surface area contributed by atoms with E-state index in [1.807, 2.05) is 18.2 Å². The molecule has 2 aromatic carbocycles. The van der Waals surface area contributed by atoms with Crippen molar-refractivity contribution in [2.45, 2.75) is 25.2 Å². The van der Waals surface area contributed by atoms with E-state index in [9.17, 15) is 4.79 Å². The number of fused-ring (bicyclic) bond motifs is 1. The van der Waals surface area contributed by atoms with Crippen LogP contribution in [0.4, 0.5) is 0 Å². The van der Waals surface area contributed by atoms with E-state index in [1.54, 1.807) is 0 Å². The molecule has 136 valence electrons. The molecule has 2 aromatic rings. The van der Waals surface area contributed by atoms with E-state index >= 15 is 0 Å². The van der Waals surface area contributed by atoms with Crippen molar-refractivity contribution in [2.75, 3.05) is 32.8 Å². The van der Waals surface area contributed by atoms with Gasteiger partial charge in [-0.15, -0.1) is 0 Å². The van der Waals surface area contributed by atoms with Crippen molar-refractivity contribution < 1.29 is 14.3 Å². The quantitative estimate of drug-likeness (QED) is 0.799. The second kappa shape index (κ2) is 7.92. The van der Waals surface area contributed by atoms with Gasteiger partial charge in [-0.05, 0) is 42.1 Å². The minimum atomic E-state index is 0.282. The molecule has 4 heteroatoms. The second-order valence-corrected chi connectivity index (χ2v) is 7.14. The van der Waals surface area contributed by atoms with Crippen LogP contribution in [0.5, 0.6) is 11.5 Å². The van der Waals surface area contributed by atoms with E-state index in [4.69, 9.17) is 9.47 Å². The minimum Gasteiger partial charge on any atom is -0.486 e. The molecular formula is C22H25NO3. The molecule has 1 atom stereocenters. The number of rotatable bonds is 6. The predicted molar refractivity (Wildman–Crippen MR) is 101 cm³/mol. The van der Waals surface area contributed by atoms with Crippen LogP contribution in [0.2, 0.25) is 0 Å². The highest BCUT2D eigenvalue weighted by atomic mass is 16.6. The molecule has 0 N–H and O–H groups in total. The highest BCUT2D eigenvalue weighted by Crippen LogP contribution is 2.31. The zero-order chi connectivity index (χ0) is 17.8. The van der Waals surface area contributed by atoms with Crippen LogP contribution in [-0.2, 0) is 11.2 Å². The van der Waals surface area contributed by atoms with E-state index in [0.717, 1.165) is 36.7 Å². The number of carbonyl (C=O) groups excluding carboxylic acids is 1. The van der Waals surface area contributed by atoms with Gasteiger partial charge < -0.3 is 14.4 Å². The van der Waals surface area contributed by atoms with Crippen LogP contribution < -0.4 is 9.47 Å². The third kappa shape index (κ3) is 4.07. The average molecular weight is 351 g/mol. The lowest BCUT2D eigenvalue weighted by Crippen LogP contribution is -2.24. The van der Waals surface area contributed by atoms with Gasteiger partial charge in [-0.1, -0.05) is 36.4 Å². The highest BCUT2D eigenvalue weighted by molar-refractivity contribution is 5.81. The summed E-state index contributed by atoms with van der Waals surface area (Å²) in [6.45, 7) is 4.15. The standard InChI is InChI=1S/C22H25NO3/c24-20(14-17-6-7-21-22(15-17)26-13-12-25-21)9-11-23-10-8-19(16-23)18-4-2-1-3-5-18/h1-7,15,19H,8-14,16H2. The zero-order valence-electron chi connectivity index (χ0n) is 15.0. The number of ether oxygens (including phenoxy) is 2. The fourth-order valence-corrected chi connectivity index (χ4v) is 3.83. The van der Waals surface area contributed by atoms with E-state index in [0.29, 0.717) is 32.0 Å². The van der Waals surface area contributed by atoms with Crippen LogP contribution >= 0.6 is 0 Å². The average Bonchev–Trinajstić information content (AvgIpc) is 3.16. The Balaban J connectivity index is 1.26. The molecule has 0 aromatic heterocycles. The van der Waals surface area contributed by atoms with Crippen molar-refractivity contribution in [1.29, 1.82) is 0 Å². The zero-order valence-corrected chi connectivity index (χ0v) is 15.0. The fraction of sp³-hybridized carbons (Fsp3) is 0.409. The summed E-state index contributed by atoms with van der Waals surface area (Å²) in [5.74, 6) is 2.41. The summed E-state index contributed by atoms with van der Waals surface area (Å²) in [6, 6.07) is 16.5. The smallest absolute Gasteiger partial charge is 0.161 e. The Kier molecular flexibility index (Phi) is 5.21. The van der Waals surface area contributed by atoms with Crippen molar-refractivity contribution in [1.82, 2.24) is 4.90 Å². The molecule has 0 aliphatic carbocycles. The molecule has 1 fully saturated rings. The van der Waals surface area contributed by atoms with Gasteiger partial charge in [0.1, 0.15) is 19.0 Å². The Bertz CT molecular complexity index is 759. The lowest BCUT2D eigenvalue weighted by atomic mass is 9.99. The number of hydrogen-bond donors (Lipinski definition) is 0. The van der Waals surface area contributed by atoms with E-state index in [-0.39, 0.29) is 5.78 Å². The summed E-state index contributed by atoms with van der Waals surface area (Å²) >= 11 is 0. The molecule has 26 heavy (non-hydrogen) atoms. The number of hydrogen-bond acceptors (Lipinski definition) is 4. The molecule has 1 saturated heterocycles. The number of Topliss-reactive ketones (excluding diaryl/α,β-unsaturated/α-hetero) is 1. The molecule has 0 radical (unpaired) electrons. The molecule has 0 spiro atoms. The Hall–Kier alpha value is -2.33. The number of likely N-dealkylation sites (tertiary alicyclic amines) is 1. The Morgan fingerprint density at radius 3 is 2.69 bits per heavy atom. The predicted octanol–water partition coefficient (Wildman–Crippen LogP) is 3.45. The molecule has 0 amide bonds. The Morgan fingerprint density at radius 1 is 1.04 bits per heavy atom. The van der Waals surface area contributed by atoms with Crippen LogP contribution in [0, 0.1) is 0 Å². The van der Waals surface area contributed by atoms with E-state index < -0.39 is 0 Å². The third-order valence-corrected chi connectivity index (χ3v) is 5.26. The molecule has 2 aliphatic heterocycles. The topological polar surface area (TPSA) is 38.8 Å². The van der Waals surface area contributed by atoms with Gasteiger partial charge in [-0.25, -0.2) is 0 Å². The van der Waals surface area contributed by atoms with Crippen molar-refractivity contribution >= 4 is 5.78 Å². The van der Waals surface area contributed by atoms with Crippen molar-refractivity contribution in [3.8, 4) is 11.5 Å². The number of nitrogens with zero attached hydrogens (tertiary/aromatic N) is 1. The summed E-state index contributed by atoms with van der Waals surface area (Å²) in [6.07, 6.45) is 2.25. The van der Waals surface area contributed by atoms with Gasteiger partial charge in [0.25, 0.3) is 0 Å². The van der Waals surface area contributed by atoms with Crippen LogP contribution in [-0.4, -0.2) is 43.5 Å². The van der Waals surface area contributed by atoms with Gasteiger partial charge in [-0.3, -0.25) is 4.79 Å². The summed E-state index contributed by atoms with van der Waals surface area (Å²) in [5, 5.41) is 0. The minimum absolute atomic E-state index is 0.282. The second-order valence-electron chi connectivity index (χ2n) is 7.14. The van der Waals surface area contributed by atoms with Gasteiger partial charge in [-0.2, -0.15) is 0 Å². The van der Waals surface area contributed by atoms with Crippen LogP contribution in [0.3, 0.4) is 0 Å². The van der Waals surface area contributed by atoms with E-state index in [2.05, 4.69) is 35.2 Å². The van der Waals surface area contributed by atoms with Gasteiger partial charge >= 0.3 is 0 Å². The fourth-order valence-electron chi connectivity index (χ4n) is 3.83. The summed E-state index contributed by atoms with van der Waals surface area (Å²) < 4.78 is 11.1. The maximum absolute atomic E-state index is 12.4. The molecule has 4 nitrogen and oxygen atoms in total. The normalized spacial score (nSPS) is 19.5. The summed E-state index contributed by atoms with van der Waals surface area (Å²) in [7, 11) is 0. The monoisotopic (exact) mass is 351 g/mol. The highest BCUT2D eigenvalue weighted by Gasteiger charge is 2.23. The largest absolute Gasteiger partial charge is 0.486 e. The SMILES string of the molecule is O=C(CCN1CCC(c2ccccc2)C1)Cc1ccc2c(c1)OCCO2. The summed E-state index contributed by atoms with van der Waals surface area (Å²) in [5.41, 5.74) is 2.42. The maximum atomic E-state index is 12.4. The van der Waals surface area contributed by atoms with Gasteiger partial charge in [0.15, 0.2) is 11.5 Å². The van der Waals surface area contributed by atoms with Crippen LogP contribution in [0.15, 0.2) is 48.5 Å². The lowest BCUT2D eigenvalue weighted by molar-refractivity contribution is -0.118. The molecule has 0 saturated carbocycles. The van der Waals surface area contributed by atoms with Gasteiger partial charge in [0.05, 0.1) is 0 Å². The molecule has 0 bridgehead atoms. The first-order chi connectivity index (χ1) is 12.8. The van der Waals surface area contributed by atoms with Gasteiger partial charge in [0.2, 0.25) is 0 Å². The summed E-state index contributed by atoms with van der Waals surface area (Å²) in [4.78, 5) is 14.8. The van der Waals surface area contributed by atoms with Crippen molar-refractivity contribution in [3.63, 3.8) is 0 Å². The molecule has 4 rings (SSSR count). The van der Waals surface area contributed by atoms with Crippen LogP contribution in [0.25, 0.3) is 0 Å².